The number of hydrogen-bond donors (Lipinski definition) is 1. The van der Waals surface area contributed by atoms with Crippen LogP contribution in [0, 0.1) is 5.41 Å². The highest BCUT2D eigenvalue weighted by atomic mass is 16.2. The number of carbonyl (C=O) groups excluding carboxylic acids is 2. The number of nitrogens with zero attached hydrogens (tertiary/aromatic N) is 4. The molecule has 1 saturated heterocycles. The van der Waals surface area contributed by atoms with Crippen LogP contribution in [-0.2, 0) is 11.3 Å². The van der Waals surface area contributed by atoms with Crippen molar-refractivity contribution in [3.05, 3.63) is 49.1 Å². The standard InChI is InChI=1S/C20H25N5O2/c1-16-18(26)25(17-5-3-2-4-6-17)12-11-24(16)19(27)22-13-20(7-8-20)14-23-10-9-21-15-23/h2-6,9-10,15-16H,7-8,11-14H2,1H3,(H,22,27)/t16-/m1/s1. The van der Waals surface area contributed by atoms with Gasteiger partial charge in [-0.15, -0.1) is 0 Å². The van der Waals surface area contributed by atoms with Crippen molar-refractivity contribution >= 4 is 17.6 Å². The second-order valence-electron chi connectivity index (χ2n) is 7.59. The molecule has 27 heavy (non-hydrogen) atoms. The highest BCUT2D eigenvalue weighted by molar-refractivity contribution is 5.99. The first-order chi connectivity index (χ1) is 13.1. The third-order valence-electron chi connectivity index (χ3n) is 5.63. The van der Waals surface area contributed by atoms with E-state index in [2.05, 4.69) is 14.9 Å². The maximum absolute atomic E-state index is 12.8. The molecule has 1 aliphatic carbocycles. The first kappa shape index (κ1) is 17.6. The molecule has 0 unspecified atom stereocenters. The summed E-state index contributed by atoms with van der Waals surface area (Å²) in [6.07, 6.45) is 7.73. The summed E-state index contributed by atoms with van der Waals surface area (Å²) in [6, 6.07) is 8.99. The quantitative estimate of drug-likeness (QED) is 0.880. The molecule has 0 spiro atoms. The van der Waals surface area contributed by atoms with Crippen LogP contribution in [0.25, 0.3) is 0 Å². The van der Waals surface area contributed by atoms with Gasteiger partial charge in [0.2, 0.25) is 5.91 Å². The fourth-order valence-electron chi connectivity index (χ4n) is 3.71. The Kier molecular flexibility index (Phi) is 4.59. The number of piperazine rings is 1. The summed E-state index contributed by atoms with van der Waals surface area (Å²) in [4.78, 5) is 32.9. The minimum atomic E-state index is -0.470. The second-order valence-corrected chi connectivity index (χ2v) is 7.59. The van der Waals surface area contributed by atoms with Crippen LogP contribution in [0.5, 0.6) is 0 Å². The van der Waals surface area contributed by atoms with Gasteiger partial charge in [-0.05, 0) is 31.9 Å². The number of rotatable bonds is 5. The van der Waals surface area contributed by atoms with E-state index in [9.17, 15) is 9.59 Å². The maximum atomic E-state index is 12.8. The fourth-order valence-corrected chi connectivity index (χ4v) is 3.71. The summed E-state index contributed by atoms with van der Waals surface area (Å²) >= 11 is 0. The van der Waals surface area contributed by atoms with Gasteiger partial charge in [0.1, 0.15) is 6.04 Å². The molecule has 4 rings (SSSR count). The Morgan fingerprint density at radius 2 is 2.04 bits per heavy atom. The zero-order valence-corrected chi connectivity index (χ0v) is 15.5. The average Bonchev–Trinajstić information content (AvgIpc) is 3.25. The van der Waals surface area contributed by atoms with Gasteiger partial charge in [0.15, 0.2) is 0 Å². The third-order valence-corrected chi connectivity index (χ3v) is 5.63. The van der Waals surface area contributed by atoms with E-state index >= 15 is 0 Å². The highest BCUT2D eigenvalue weighted by Gasteiger charge is 2.44. The topological polar surface area (TPSA) is 70.5 Å². The van der Waals surface area contributed by atoms with Gasteiger partial charge in [-0.2, -0.15) is 0 Å². The van der Waals surface area contributed by atoms with E-state index in [1.54, 1.807) is 22.9 Å². The van der Waals surface area contributed by atoms with Crippen molar-refractivity contribution in [3.63, 3.8) is 0 Å². The largest absolute Gasteiger partial charge is 0.337 e. The van der Waals surface area contributed by atoms with Gasteiger partial charge in [0, 0.05) is 49.7 Å². The molecule has 0 bridgehead atoms. The molecular weight excluding hydrogens is 342 g/mol. The normalized spacial score (nSPS) is 21.2. The number of carbonyl (C=O) groups is 2. The second kappa shape index (κ2) is 7.06. The molecule has 1 N–H and O–H groups in total. The molecule has 7 heteroatoms. The fraction of sp³-hybridized carbons (Fsp3) is 0.450. The van der Waals surface area contributed by atoms with Gasteiger partial charge in [-0.25, -0.2) is 9.78 Å². The number of urea groups is 1. The lowest BCUT2D eigenvalue weighted by Gasteiger charge is -2.39. The first-order valence-corrected chi connectivity index (χ1v) is 9.45. The number of nitrogens with one attached hydrogen (secondary N) is 1. The van der Waals surface area contributed by atoms with E-state index in [0.717, 1.165) is 25.1 Å². The highest BCUT2D eigenvalue weighted by Crippen LogP contribution is 2.46. The molecule has 1 aromatic carbocycles. The number of amides is 3. The summed E-state index contributed by atoms with van der Waals surface area (Å²) in [6.45, 7) is 4.34. The van der Waals surface area contributed by atoms with Crippen LogP contribution in [0.2, 0.25) is 0 Å². The Bertz CT molecular complexity index is 801. The Morgan fingerprint density at radius 3 is 2.70 bits per heavy atom. The van der Waals surface area contributed by atoms with Crippen molar-refractivity contribution in [3.8, 4) is 0 Å². The molecule has 0 radical (unpaired) electrons. The summed E-state index contributed by atoms with van der Waals surface area (Å²) in [5, 5.41) is 3.06. The molecule has 1 saturated carbocycles. The van der Waals surface area contributed by atoms with E-state index in [1.165, 1.54) is 0 Å². The first-order valence-electron chi connectivity index (χ1n) is 9.45. The van der Waals surface area contributed by atoms with Crippen LogP contribution in [-0.4, -0.2) is 52.1 Å². The van der Waals surface area contributed by atoms with Crippen LogP contribution < -0.4 is 10.2 Å². The molecule has 2 fully saturated rings. The molecule has 142 valence electrons. The van der Waals surface area contributed by atoms with Crippen LogP contribution in [0.4, 0.5) is 10.5 Å². The summed E-state index contributed by atoms with van der Waals surface area (Å²) < 4.78 is 2.06. The van der Waals surface area contributed by atoms with Gasteiger partial charge in [-0.3, -0.25) is 4.79 Å². The summed E-state index contributed by atoms with van der Waals surface area (Å²) in [7, 11) is 0. The zero-order chi connectivity index (χ0) is 18.9. The minimum Gasteiger partial charge on any atom is -0.337 e. The molecule has 2 aliphatic rings. The Morgan fingerprint density at radius 1 is 1.26 bits per heavy atom. The zero-order valence-electron chi connectivity index (χ0n) is 15.5. The molecule has 2 aromatic rings. The number of hydrogen-bond acceptors (Lipinski definition) is 3. The lowest BCUT2D eigenvalue weighted by Crippen LogP contribution is -2.60. The van der Waals surface area contributed by atoms with E-state index in [0.29, 0.717) is 19.6 Å². The molecule has 7 nitrogen and oxygen atoms in total. The van der Waals surface area contributed by atoms with Crippen molar-refractivity contribution in [2.75, 3.05) is 24.5 Å². The van der Waals surface area contributed by atoms with E-state index < -0.39 is 6.04 Å². The molecule has 1 atom stereocenters. The van der Waals surface area contributed by atoms with Crippen LogP contribution in [0.3, 0.4) is 0 Å². The van der Waals surface area contributed by atoms with Gasteiger partial charge >= 0.3 is 6.03 Å². The van der Waals surface area contributed by atoms with Gasteiger partial charge in [-0.1, -0.05) is 18.2 Å². The Hall–Kier alpha value is -2.83. The van der Waals surface area contributed by atoms with E-state index in [-0.39, 0.29) is 17.4 Å². The molecular formula is C20H25N5O2. The van der Waals surface area contributed by atoms with Gasteiger partial charge < -0.3 is 19.7 Å². The number of para-hydroxylation sites is 1. The lowest BCUT2D eigenvalue weighted by atomic mass is 10.1. The molecule has 3 amide bonds. The summed E-state index contributed by atoms with van der Waals surface area (Å²) in [5.74, 6) is -0.0397. The smallest absolute Gasteiger partial charge is 0.318 e. The van der Waals surface area contributed by atoms with Gasteiger partial charge in [0.25, 0.3) is 0 Å². The molecule has 1 aliphatic heterocycles. The molecule has 1 aromatic heterocycles. The summed E-state index contributed by atoms with van der Waals surface area (Å²) in [5.41, 5.74) is 1.00. The minimum absolute atomic E-state index is 0.0397. The monoisotopic (exact) mass is 367 g/mol. The van der Waals surface area contributed by atoms with E-state index in [4.69, 9.17) is 0 Å². The number of anilines is 1. The molecule has 2 heterocycles. The van der Waals surface area contributed by atoms with Crippen LogP contribution in [0.1, 0.15) is 19.8 Å². The van der Waals surface area contributed by atoms with Crippen molar-refractivity contribution in [2.45, 2.75) is 32.4 Å². The van der Waals surface area contributed by atoms with Crippen molar-refractivity contribution in [2.24, 2.45) is 5.41 Å². The average molecular weight is 367 g/mol. The van der Waals surface area contributed by atoms with Crippen LogP contribution in [0.15, 0.2) is 49.1 Å². The SMILES string of the molecule is C[C@@H]1C(=O)N(c2ccccc2)CCN1C(=O)NCC1(Cn2ccnc2)CC1. The third kappa shape index (κ3) is 3.67. The van der Waals surface area contributed by atoms with Crippen molar-refractivity contribution in [1.29, 1.82) is 0 Å². The van der Waals surface area contributed by atoms with Crippen LogP contribution >= 0.6 is 0 Å². The number of aromatic nitrogens is 2. The predicted molar refractivity (Wildman–Crippen MR) is 102 cm³/mol. The lowest BCUT2D eigenvalue weighted by molar-refractivity contribution is -0.124. The maximum Gasteiger partial charge on any atom is 0.318 e. The van der Waals surface area contributed by atoms with E-state index in [1.807, 2.05) is 42.9 Å². The number of imidazole rings is 1. The van der Waals surface area contributed by atoms with Crippen molar-refractivity contribution in [1.82, 2.24) is 19.8 Å². The van der Waals surface area contributed by atoms with Gasteiger partial charge in [0.05, 0.1) is 6.33 Å². The Balaban J connectivity index is 1.34. The Labute approximate surface area is 159 Å². The van der Waals surface area contributed by atoms with Crippen molar-refractivity contribution < 1.29 is 9.59 Å². The number of benzene rings is 1. The predicted octanol–water partition coefficient (Wildman–Crippen LogP) is 2.11.